The van der Waals surface area contributed by atoms with Crippen LogP contribution in [0.5, 0.6) is 0 Å². The molecule has 1 aromatic rings. The van der Waals surface area contributed by atoms with Crippen LogP contribution in [-0.2, 0) is 6.42 Å². The van der Waals surface area contributed by atoms with E-state index in [1.807, 2.05) is 0 Å². The molecule has 1 aromatic carbocycles. The Balaban J connectivity index is 1.82. The molecule has 2 unspecified atom stereocenters. The molecular formula is C15H24N2. The summed E-state index contributed by atoms with van der Waals surface area (Å²) in [6.07, 6.45) is 6.24. The molecule has 2 nitrogen and oxygen atoms in total. The van der Waals surface area contributed by atoms with Crippen LogP contribution in [0.25, 0.3) is 0 Å². The molecule has 1 aliphatic carbocycles. The van der Waals surface area contributed by atoms with Gasteiger partial charge in [-0.15, -0.1) is 0 Å². The summed E-state index contributed by atoms with van der Waals surface area (Å²) < 4.78 is 0. The smallest absolute Gasteiger partial charge is 0.0244 e. The Kier molecular flexibility index (Phi) is 4.57. The topological polar surface area (TPSA) is 29.3 Å². The van der Waals surface area contributed by atoms with Crippen molar-refractivity contribution in [3.63, 3.8) is 0 Å². The van der Waals surface area contributed by atoms with Crippen LogP contribution < -0.4 is 5.73 Å². The van der Waals surface area contributed by atoms with Crippen molar-refractivity contribution in [2.24, 2.45) is 5.73 Å². The zero-order valence-electron chi connectivity index (χ0n) is 10.8. The summed E-state index contributed by atoms with van der Waals surface area (Å²) in [6, 6.07) is 11.7. The summed E-state index contributed by atoms with van der Waals surface area (Å²) >= 11 is 0. The number of hydrogen-bond donors (Lipinski definition) is 1. The summed E-state index contributed by atoms with van der Waals surface area (Å²) in [6.45, 7) is 1.11. The van der Waals surface area contributed by atoms with Crippen LogP contribution in [0.3, 0.4) is 0 Å². The van der Waals surface area contributed by atoms with Crippen molar-refractivity contribution in [1.29, 1.82) is 0 Å². The fourth-order valence-electron chi connectivity index (χ4n) is 2.80. The monoisotopic (exact) mass is 232 g/mol. The fourth-order valence-corrected chi connectivity index (χ4v) is 2.80. The maximum absolute atomic E-state index is 6.21. The highest BCUT2D eigenvalue weighted by atomic mass is 15.1. The maximum Gasteiger partial charge on any atom is 0.0244 e. The van der Waals surface area contributed by atoms with Crippen molar-refractivity contribution >= 4 is 0 Å². The minimum Gasteiger partial charge on any atom is -0.326 e. The van der Waals surface area contributed by atoms with Gasteiger partial charge in [0.05, 0.1) is 0 Å². The lowest BCUT2D eigenvalue weighted by Crippen LogP contribution is -2.48. The van der Waals surface area contributed by atoms with Crippen LogP contribution in [0.2, 0.25) is 0 Å². The van der Waals surface area contributed by atoms with Gasteiger partial charge >= 0.3 is 0 Å². The van der Waals surface area contributed by atoms with Crippen LogP contribution in [0, 0.1) is 0 Å². The van der Waals surface area contributed by atoms with Gasteiger partial charge in [0.1, 0.15) is 0 Å². The van der Waals surface area contributed by atoms with Gasteiger partial charge in [0.2, 0.25) is 0 Å². The van der Waals surface area contributed by atoms with E-state index in [4.69, 9.17) is 5.73 Å². The largest absolute Gasteiger partial charge is 0.326 e. The van der Waals surface area contributed by atoms with Crippen molar-refractivity contribution < 1.29 is 0 Å². The maximum atomic E-state index is 6.21. The first kappa shape index (κ1) is 12.6. The predicted octanol–water partition coefficient (Wildman–Crippen LogP) is 2.43. The van der Waals surface area contributed by atoms with E-state index >= 15 is 0 Å². The van der Waals surface area contributed by atoms with E-state index in [9.17, 15) is 0 Å². The summed E-state index contributed by atoms with van der Waals surface area (Å²) in [4.78, 5) is 2.46. The molecule has 0 saturated heterocycles. The van der Waals surface area contributed by atoms with Gasteiger partial charge in [-0.25, -0.2) is 0 Å². The van der Waals surface area contributed by atoms with Crippen LogP contribution >= 0.6 is 0 Å². The molecule has 17 heavy (non-hydrogen) atoms. The Morgan fingerprint density at radius 1 is 1.18 bits per heavy atom. The van der Waals surface area contributed by atoms with Gasteiger partial charge in [0.25, 0.3) is 0 Å². The Bertz CT molecular complexity index is 323. The lowest BCUT2D eigenvalue weighted by molar-refractivity contribution is 0.171. The van der Waals surface area contributed by atoms with Crippen LogP contribution in [-0.4, -0.2) is 30.6 Å². The summed E-state index contributed by atoms with van der Waals surface area (Å²) in [5, 5.41) is 0. The van der Waals surface area contributed by atoms with Crippen molar-refractivity contribution in [1.82, 2.24) is 4.90 Å². The number of rotatable bonds is 4. The summed E-state index contributed by atoms with van der Waals surface area (Å²) in [5.74, 6) is 0. The highest BCUT2D eigenvalue weighted by Crippen LogP contribution is 2.21. The Morgan fingerprint density at radius 3 is 2.59 bits per heavy atom. The lowest BCUT2D eigenvalue weighted by atomic mass is 9.90. The Morgan fingerprint density at radius 2 is 1.88 bits per heavy atom. The molecular weight excluding hydrogens is 208 g/mol. The fraction of sp³-hybridized carbons (Fsp3) is 0.600. The van der Waals surface area contributed by atoms with Crippen molar-refractivity contribution in [2.75, 3.05) is 13.6 Å². The molecule has 1 fully saturated rings. The molecule has 0 aliphatic heterocycles. The Labute approximate surface area is 105 Å². The second-order valence-corrected chi connectivity index (χ2v) is 5.23. The first-order chi connectivity index (χ1) is 8.27. The molecule has 2 atom stereocenters. The van der Waals surface area contributed by atoms with Crippen molar-refractivity contribution in [2.45, 2.75) is 44.2 Å². The molecule has 0 aromatic heterocycles. The molecule has 2 heteroatoms. The number of nitrogens with two attached hydrogens (primary N) is 1. The second-order valence-electron chi connectivity index (χ2n) is 5.23. The third-order valence-corrected chi connectivity index (χ3v) is 3.94. The second kappa shape index (κ2) is 6.18. The van der Waals surface area contributed by atoms with Gasteiger partial charge in [-0.1, -0.05) is 43.2 Å². The van der Waals surface area contributed by atoms with Gasteiger partial charge in [-0.05, 0) is 31.9 Å². The molecule has 0 radical (unpaired) electrons. The van der Waals surface area contributed by atoms with E-state index in [0.717, 1.165) is 13.0 Å². The molecule has 2 N–H and O–H groups in total. The quantitative estimate of drug-likeness (QED) is 0.864. The molecule has 0 spiro atoms. The standard InChI is InChI=1S/C15H24N2/c1-17(15-10-6-5-9-14(15)16)12-11-13-7-3-2-4-8-13/h2-4,7-8,14-15H,5-6,9-12,16H2,1H3. The lowest BCUT2D eigenvalue weighted by Gasteiger charge is -2.36. The van der Waals surface area contributed by atoms with E-state index < -0.39 is 0 Å². The molecule has 1 aliphatic rings. The predicted molar refractivity (Wildman–Crippen MR) is 73.0 cm³/mol. The van der Waals surface area contributed by atoms with E-state index in [1.165, 1.54) is 31.2 Å². The highest BCUT2D eigenvalue weighted by Gasteiger charge is 2.24. The highest BCUT2D eigenvalue weighted by molar-refractivity contribution is 5.14. The van der Waals surface area contributed by atoms with Crippen molar-refractivity contribution in [3.05, 3.63) is 35.9 Å². The van der Waals surface area contributed by atoms with E-state index in [0.29, 0.717) is 12.1 Å². The first-order valence-corrected chi connectivity index (χ1v) is 6.77. The molecule has 0 bridgehead atoms. The number of hydrogen-bond acceptors (Lipinski definition) is 2. The first-order valence-electron chi connectivity index (χ1n) is 6.77. The van der Waals surface area contributed by atoms with Gasteiger partial charge < -0.3 is 10.6 Å². The Hall–Kier alpha value is -0.860. The van der Waals surface area contributed by atoms with Gasteiger partial charge in [0.15, 0.2) is 0 Å². The van der Waals surface area contributed by atoms with E-state index in [1.54, 1.807) is 0 Å². The number of benzene rings is 1. The number of likely N-dealkylation sites (N-methyl/N-ethyl adjacent to an activating group) is 1. The molecule has 0 heterocycles. The molecule has 2 rings (SSSR count). The van der Waals surface area contributed by atoms with Crippen LogP contribution in [0.1, 0.15) is 31.2 Å². The zero-order chi connectivity index (χ0) is 12.1. The minimum absolute atomic E-state index is 0.379. The minimum atomic E-state index is 0.379. The third kappa shape index (κ3) is 3.55. The average Bonchev–Trinajstić information content (AvgIpc) is 2.38. The van der Waals surface area contributed by atoms with Crippen LogP contribution in [0.4, 0.5) is 0 Å². The molecule has 94 valence electrons. The normalized spacial score (nSPS) is 25.1. The third-order valence-electron chi connectivity index (χ3n) is 3.94. The molecule has 0 amide bonds. The summed E-state index contributed by atoms with van der Waals surface area (Å²) in [5.41, 5.74) is 7.63. The van der Waals surface area contributed by atoms with E-state index in [2.05, 4.69) is 42.3 Å². The average molecular weight is 232 g/mol. The summed E-state index contributed by atoms with van der Waals surface area (Å²) in [7, 11) is 2.22. The zero-order valence-corrected chi connectivity index (χ0v) is 10.8. The van der Waals surface area contributed by atoms with Gasteiger partial charge in [-0.3, -0.25) is 0 Å². The van der Waals surface area contributed by atoms with Gasteiger partial charge in [0, 0.05) is 18.6 Å². The van der Waals surface area contributed by atoms with Gasteiger partial charge in [-0.2, -0.15) is 0 Å². The SMILES string of the molecule is CN(CCc1ccccc1)C1CCCCC1N. The van der Waals surface area contributed by atoms with Crippen molar-refractivity contribution in [3.8, 4) is 0 Å². The molecule has 1 saturated carbocycles. The van der Waals surface area contributed by atoms with Crippen LogP contribution in [0.15, 0.2) is 30.3 Å². The van der Waals surface area contributed by atoms with E-state index in [-0.39, 0.29) is 0 Å². The number of nitrogens with zero attached hydrogens (tertiary/aromatic N) is 1.